The molecule has 0 fully saturated rings. The number of hydrogen-bond donors (Lipinski definition) is 3. The Labute approximate surface area is 71.9 Å². The van der Waals surface area contributed by atoms with E-state index in [-0.39, 0.29) is 6.42 Å². The minimum absolute atomic E-state index is 0.00579. The van der Waals surface area contributed by atoms with Gasteiger partial charge < -0.3 is 10.8 Å². The average Bonchev–Trinajstić information content (AvgIpc) is 1.82. The van der Waals surface area contributed by atoms with Crippen LogP contribution in [-0.4, -0.2) is 32.4 Å². The lowest BCUT2D eigenvalue weighted by molar-refractivity contribution is -0.142. The van der Waals surface area contributed by atoms with Crippen LogP contribution in [0.2, 0.25) is 0 Å². The molecule has 6 heteroatoms. The van der Waals surface area contributed by atoms with Gasteiger partial charge in [-0.05, 0) is 12.3 Å². The Morgan fingerprint density at radius 2 is 2.17 bits per heavy atom. The topological polar surface area (TPSA) is 106 Å². The third kappa shape index (κ3) is 4.32. The fourth-order valence-electron chi connectivity index (χ4n) is 0.426. The van der Waals surface area contributed by atoms with Gasteiger partial charge in [-0.1, -0.05) is 0 Å². The molecule has 0 amide bonds. The average molecular weight is 194 g/mol. The summed E-state index contributed by atoms with van der Waals surface area (Å²) in [5.74, 6) is -1.14. The van der Waals surface area contributed by atoms with E-state index in [9.17, 15) is 9.00 Å². The van der Waals surface area contributed by atoms with E-state index in [2.05, 4.69) is 0 Å². The summed E-state index contributed by atoms with van der Waals surface area (Å²) < 4.78 is 10.9. The number of nitrogens with two attached hydrogens (primary N) is 2. The van der Waals surface area contributed by atoms with E-state index < -0.39 is 21.2 Å². The summed E-state index contributed by atoms with van der Waals surface area (Å²) in [7, 11) is -2.51. The molecule has 0 rings (SSSR count). The van der Waals surface area contributed by atoms with Crippen LogP contribution in [0.15, 0.2) is 0 Å². The van der Waals surface area contributed by atoms with Crippen molar-refractivity contribution in [3.63, 3.8) is 0 Å². The monoisotopic (exact) mass is 194 g/mol. The van der Waals surface area contributed by atoms with Crippen molar-refractivity contribution in [2.75, 3.05) is 6.26 Å². The van der Waals surface area contributed by atoms with Crippen molar-refractivity contribution in [3.05, 3.63) is 0 Å². The zero-order valence-corrected chi connectivity index (χ0v) is 7.93. The molecular weight excluding hydrogens is 180 g/mol. The van der Waals surface area contributed by atoms with Gasteiger partial charge in [0, 0.05) is 22.4 Å². The summed E-state index contributed by atoms with van der Waals surface area (Å²) in [4.78, 5) is 10.5. The molecule has 0 spiro atoms. The smallest absolute Gasteiger partial charge is 0.323 e. The zero-order chi connectivity index (χ0) is 9.99. The van der Waals surface area contributed by atoms with Crippen molar-refractivity contribution >= 4 is 21.0 Å². The quantitative estimate of drug-likeness (QED) is 0.489. The van der Waals surface area contributed by atoms with Crippen molar-refractivity contribution in [2.45, 2.75) is 18.9 Å². The summed E-state index contributed by atoms with van der Waals surface area (Å²) in [6.45, 7) is 1.34. The van der Waals surface area contributed by atoms with Gasteiger partial charge in [-0.3, -0.25) is 14.1 Å². The molecule has 0 aromatic heterocycles. The second kappa shape index (κ2) is 3.42. The van der Waals surface area contributed by atoms with E-state index in [1.807, 2.05) is 0 Å². The molecule has 0 saturated heterocycles. The van der Waals surface area contributed by atoms with E-state index >= 15 is 0 Å². The Hall–Kier alpha value is -0.590. The van der Waals surface area contributed by atoms with Crippen molar-refractivity contribution in [1.29, 1.82) is 0 Å². The third-order valence-corrected chi connectivity index (χ3v) is 2.16. The van der Waals surface area contributed by atoms with Crippen LogP contribution in [0, 0.1) is 0 Å². The fraction of sp³-hybridized carbons (Fsp3) is 0.667. The first-order valence-electron chi connectivity index (χ1n) is 3.27. The maximum absolute atomic E-state index is 10.9. The number of rotatable bonds is 3. The maximum Gasteiger partial charge on any atom is 0.323 e. The Morgan fingerprint density at radius 1 is 1.75 bits per heavy atom. The number of carboxylic acid groups (broad SMARTS) is 1. The van der Waals surface area contributed by atoms with Crippen LogP contribution in [0.5, 0.6) is 0 Å². The highest BCUT2D eigenvalue weighted by Crippen LogP contribution is 2.03. The molecule has 72 valence electrons. The molecule has 0 heterocycles. The van der Waals surface area contributed by atoms with Gasteiger partial charge in [0.25, 0.3) is 0 Å². The third-order valence-electron chi connectivity index (χ3n) is 1.33. The Bertz CT molecular complexity index is 281. The largest absolute Gasteiger partial charge is 0.480 e. The van der Waals surface area contributed by atoms with Gasteiger partial charge in [0.15, 0.2) is 0 Å². The van der Waals surface area contributed by atoms with Crippen molar-refractivity contribution < 1.29 is 14.1 Å². The number of hydrogen-bond acceptors (Lipinski definition) is 3. The Balaban J connectivity index is 4.50. The molecule has 5 nitrogen and oxygen atoms in total. The van der Waals surface area contributed by atoms with Gasteiger partial charge in [-0.2, -0.15) is 0 Å². The van der Waals surface area contributed by atoms with E-state index in [1.54, 1.807) is 0 Å². The second-order valence-corrected chi connectivity index (χ2v) is 5.33. The molecule has 2 atom stereocenters. The van der Waals surface area contributed by atoms with Crippen LogP contribution < -0.4 is 10.9 Å². The van der Waals surface area contributed by atoms with Gasteiger partial charge in [0.2, 0.25) is 0 Å². The van der Waals surface area contributed by atoms with Crippen LogP contribution in [0.3, 0.4) is 0 Å². The van der Waals surface area contributed by atoms with Crippen molar-refractivity contribution in [3.8, 4) is 0 Å². The molecular formula is C6H14N2O3S. The molecule has 12 heavy (non-hydrogen) atoms. The highest BCUT2D eigenvalue weighted by atomic mass is 32.2. The summed E-state index contributed by atoms with van der Waals surface area (Å²) in [5, 5.41) is 15.0. The first kappa shape index (κ1) is 11.4. The van der Waals surface area contributed by atoms with Crippen molar-refractivity contribution in [1.82, 2.24) is 0 Å². The van der Waals surface area contributed by atoms with E-state index in [4.69, 9.17) is 16.0 Å². The lowest BCUT2D eigenvalue weighted by Crippen LogP contribution is -2.45. The summed E-state index contributed by atoms with van der Waals surface area (Å²) in [5.41, 5.74) is 3.96. The summed E-state index contributed by atoms with van der Waals surface area (Å²) in [6.07, 6.45) is 1.32. The number of carboxylic acids is 1. The predicted molar refractivity (Wildman–Crippen MR) is 49.2 cm³/mol. The van der Waals surface area contributed by atoms with Crippen LogP contribution in [0.1, 0.15) is 13.3 Å². The van der Waals surface area contributed by atoms with E-state index in [0.717, 1.165) is 0 Å². The summed E-state index contributed by atoms with van der Waals surface area (Å²) >= 11 is 0. The lowest BCUT2D eigenvalue weighted by atomic mass is 10.0. The van der Waals surface area contributed by atoms with Gasteiger partial charge >= 0.3 is 5.97 Å². The highest BCUT2D eigenvalue weighted by molar-refractivity contribution is 7.98. The molecule has 5 N–H and O–H groups in total. The molecule has 0 aliphatic carbocycles. The normalized spacial score (nSPS) is 20.7. The van der Waals surface area contributed by atoms with E-state index in [0.29, 0.717) is 0 Å². The van der Waals surface area contributed by atoms with Crippen LogP contribution >= 0.6 is 0 Å². The summed E-state index contributed by atoms with van der Waals surface area (Å²) in [6, 6.07) is 0. The van der Waals surface area contributed by atoms with Gasteiger partial charge in [-0.25, -0.2) is 0 Å². The maximum atomic E-state index is 10.9. The van der Waals surface area contributed by atoms with Gasteiger partial charge in [0.05, 0.1) is 0 Å². The van der Waals surface area contributed by atoms with Crippen LogP contribution in [0.25, 0.3) is 0 Å². The minimum atomic E-state index is -2.51. The molecule has 0 aliphatic rings. The predicted octanol–water partition coefficient (Wildman–Crippen LogP) is -1.23. The molecule has 0 aromatic rings. The second-order valence-electron chi connectivity index (χ2n) is 3.06. The Morgan fingerprint density at radius 3 is 2.42 bits per heavy atom. The first-order valence-corrected chi connectivity index (χ1v) is 5.37. The van der Waals surface area contributed by atoms with E-state index in [1.165, 1.54) is 18.5 Å². The van der Waals surface area contributed by atoms with Crippen LogP contribution in [0.4, 0.5) is 0 Å². The minimum Gasteiger partial charge on any atom is -0.480 e. The standard InChI is InChI=1S/C6H14N2O3S/c1-6(7,5(9)10)3-4-12(2,8)11/h4H,3,7H2,1-2H3,(H2,8,11)(H,9,10)/t6-,12?/m0/s1. The molecule has 0 aliphatic heterocycles. The number of carbonyl (C=O) groups is 1. The van der Waals surface area contributed by atoms with Gasteiger partial charge in [0.1, 0.15) is 5.54 Å². The van der Waals surface area contributed by atoms with Crippen molar-refractivity contribution in [2.24, 2.45) is 10.9 Å². The zero-order valence-electron chi connectivity index (χ0n) is 7.11. The van der Waals surface area contributed by atoms with Crippen LogP contribution in [-0.2, 0) is 14.5 Å². The molecule has 1 unspecified atom stereocenters. The molecule has 0 aromatic carbocycles. The first-order chi connectivity index (χ1) is 5.15. The van der Waals surface area contributed by atoms with Gasteiger partial charge in [-0.15, -0.1) is 0 Å². The molecule has 0 saturated carbocycles. The number of aliphatic carboxylic acids is 1. The molecule has 0 bridgehead atoms. The highest BCUT2D eigenvalue weighted by Gasteiger charge is 2.26. The Kier molecular flexibility index (Phi) is 3.25. The molecule has 0 radical (unpaired) electrons. The SMILES string of the molecule is C[C@](N)(CC=S(C)(N)=O)C(=O)O. The lowest BCUT2D eigenvalue weighted by Gasteiger charge is -2.16. The fourth-order valence-corrected chi connectivity index (χ4v) is 1.10.